The highest BCUT2D eigenvalue weighted by Crippen LogP contribution is 2.70. The zero-order valence-corrected chi connectivity index (χ0v) is 18.5. The largest absolute Gasteiger partial charge is 0.388 e. The lowest BCUT2D eigenvalue weighted by Gasteiger charge is -2.37. The molecule has 1 N–H and O–H groups in total. The summed E-state index contributed by atoms with van der Waals surface area (Å²) in [6.45, 7) is 6.25. The maximum absolute atomic E-state index is 13.1. The average Bonchev–Trinajstić information content (AvgIpc) is 3.25. The van der Waals surface area contributed by atoms with E-state index in [1.54, 1.807) is 23.5 Å². The zero-order valence-electron chi connectivity index (χ0n) is 16.9. The highest BCUT2D eigenvalue weighted by Gasteiger charge is 2.72. The molecule has 1 saturated heterocycles. The number of aliphatic hydroxyl groups is 1. The molecule has 2 aliphatic carbocycles. The molecule has 1 aromatic heterocycles. The Kier molecular flexibility index (Phi) is 4.04. The zero-order chi connectivity index (χ0) is 20.8. The molecule has 8 heteroatoms. The van der Waals surface area contributed by atoms with E-state index in [2.05, 4.69) is 18.8 Å². The van der Waals surface area contributed by atoms with E-state index in [1.807, 2.05) is 13.0 Å². The third-order valence-electron chi connectivity index (χ3n) is 7.93. The lowest BCUT2D eigenvalue weighted by molar-refractivity contribution is -0.131. The standard InChI is InChI=1S/C21H26N2O4S2/c1-12-22-15-8-13(4-5-17(15)28-12)16(24)10-19(25)23-18-9-14-6-7-21(18,20(14,2)3)11-29(23,26)27/h4-5,8,14,16,18,24H,6-7,9-11H2,1-3H3/t14?,16?,18?,21-/m1/s1. The number of hydrogen-bond donors (Lipinski definition) is 1. The lowest BCUT2D eigenvalue weighted by atomic mass is 9.69. The fraction of sp³-hybridized carbons (Fsp3) is 0.619. The van der Waals surface area contributed by atoms with E-state index in [9.17, 15) is 18.3 Å². The van der Waals surface area contributed by atoms with Gasteiger partial charge in [0.2, 0.25) is 15.9 Å². The quantitative estimate of drug-likeness (QED) is 0.800. The van der Waals surface area contributed by atoms with Gasteiger partial charge in [0.25, 0.3) is 0 Å². The molecule has 2 saturated carbocycles. The molecule has 5 rings (SSSR count). The van der Waals surface area contributed by atoms with Gasteiger partial charge in [0.15, 0.2) is 0 Å². The van der Waals surface area contributed by atoms with Crippen molar-refractivity contribution in [3.63, 3.8) is 0 Å². The van der Waals surface area contributed by atoms with Crippen LogP contribution in [0.1, 0.15) is 56.2 Å². The lowest BCUT2D eigenvalue weighted by Crippen LogP contribution is -2.44. The molecule has 3 unspecified atom stereocenters. The molecule has 156 valence electrons. The summed E-state index contributed by atoms with van der Waals surface area (Å²) in [5.74, 6) is 0.0240. The Morgan fingerprint density at radius 1 is 1.41 bits per heavy atom. The third kappa shape index (κ3) is 2.58. The Morgan fingerprint density at radius 3 is 2.90 bits per heavy atom. The van der Waals surface area contributed by atoms with Crippen molar-refractivity contribution >= 4 is 37.5 Å². The second-order valence-electron chi connectivity index (χ2n) is 9.49. The Morgan fingerprint density at radius 2 is 2.17 bits per heavy atom. The molecular formula is C21H26N2O4S2. The number of hydrogen-bond acceptors (Lipinski definition) is 6. The van der Waals surface area contributed by atoms with E-state index in [-0.39, 0.29) is 29.0 Å². The van der Waals surface area contributed by atoms with E-state index < -0.39 is 22.0 Å². The van der Waals surface area contributed by atoms with Crippen LogP contribution in [0.4, 0.5) is 0 Å². The second kappa shape index (κ2) is 6.02. The minimum absolute atomic E-state index is 0.0556. The molecule has 6 nitrogen and oxygen atoms in total. The highest BCUT2D eigenvalue weighted by atomic mass is 32.2. The van der Waals surface area contributed by atoms with Crippen molar-refractivity contribution in [3.05, 3.63) is 28.8 Å². The van der Waals surface area contributed by atoms with Crippen LogP contribution in [0.3, 0.4) is 0 Å². The van der Waals surface area contributed by atoms with Gasteiger partial charge in [-0.2, -0.15) is 0 Å². The predicted molar refractivity (Wildman–Crippen MR) is 112 cm³/mol. The van der Waals surface area contributed by atoms with Crippen molar-refractivity contribution in [1.29, 1.82) is 0 Å². The number of sulfonamides is 1. The van der Waals surface area contributed by atoms with Gasteiger partial charge in [-0.15, -0.1) is 11.3 Å². The van der Waals surface area contributed by atoms with Crippen LogP contribution < -0.4 is 0 Å². The van der Waals surface area contributed by atoms with Crippen LogP contribution in [0.2, 0.25) is 0 Å². The molecule has 2 heterocycles. The first-order valence-electron chi connectivity index (χ1n) is 10.2. The molecule has 1 amide bonds. The molecule has 1 spiro atoms. The molecule has 1 aromatic carbocycles. The number of benzene rings is 1. The van der Waals surface area contributed by atoms with Crippen molar-refractivity contribution in [2.45, 2.75) is 58.6 Å². The summed E-state index contributed by atoms with van der Waals surface area (Å²) >= 11 is 1.58. The number of aliphatic hydroxyl groups excluding tert-OH is 1. The van der Waals surface area contributed by atoms with E-state index in [1.165, 1.54) is 0 Å². The molecule has 2 bridgehead atoms. The monoisotopic (exact) mass is 434 g/mol. The molecule has 4 atom stereocenters. The van der Waals surface area contributed by atoms with Crippen molar-refractivity contribution < 1.29 is 18.3 Å². The van der Waals surface area contributed by atoms with E-state index >= 15 is 0 Å². The van der Waals surface area contributed by atoms with Crippen LogP contribution >= 0.6 is 11.3 Å². The number of carbonyl (C=O) groups excluding carboxylic acids is 1. The smallest absolute Gasteiger partial charge is 0.239 e. The maximum atomic E-state index is 13.1. The normalized spacial score (nSPS) is 32.6. The van der Waals surface area contributed by atoms with Crippen LogP contribution in [-0.4, -0.2) is 40.5 Å². The number of nitrogens with zero attached hydrogens (tertiary/aromatic N) is 2. The minimum atomic E-state index is -3.66. The van der Waals surface area contributed by atoms with Crippen LogP contribution in [-0.2, 0) is 14.8 Å². The van der Waals surface area contributed by atoms with E-state index in [0.717, 1.165) is 38.8 Å². The van der Waals surface area contributed by atoms with Gasteiger partial charge in [-0.25, -0.2) is 17.7 Å². The molecule has 2 aromatic rings. The van der Waals surface area contributed by atoms with Crippen LogP contribution in [0.5, 0.6) is 0 Å². The Hall–Kier alpha value is -1.51. The summed E-state index contributed by atoms with van der Waals surface area (Å²) in [6.07, 6.45) is 1.37. The van der Waals surface area contributed by atoms with Gasteiger partial charge < -0.3 is 5.11 Å². The number of fused-ring (bicyclic) bond motifs is 2. The first-order chi connectivity index (χ1) is 13.5. The number of thiazole rings is 1. The van der Waals surface area contributed by atoms with Crippen molar-refractivity contribution in [1.82, 2.24) is 9.29 Å². The van der Waals surface area contributed by atoms with Gasteiger partial charge in [-0.1, -0.05) is 19.9 Å². The average molecular weight is 435 g/mol. The number of aryl methyl sites for hydroxylation is 1. The maximum Gasteiger partial charge on any atom is 0.239 e. The number of aromatic nitrogens is 1. The topological polar surface area (TPSA) is 87.6 Å². The second-order valence-corrected chi connectivity index (χ2v) is 12.6. The number of amides is 1. The minimum Gasteiger partial charge on any atom is -0.388 e. The SMILES string of the molecule is Cc1nc2cc(C(O)CC(=O)N3C4CC5CC[C@]4(CS3(=O)=O)C5(C)C)ccc2s1. The number of rotatable bonds is 3. The number of carbonyl (C=O) groups is 1. The molecule has 3 fully saturated rings. The van der Waals surface area contributed by atoms with Gasteiger partial charge in [0.05, 0.1) is 39.5 Å². The fourth-order valence-electron chi connectivity index (χ4n) is 6.26. The highest BCUT2D eigenvalue weighted by molar-refractivity contribution is 7.90. The van der Waals surface area contributed by atoms with Gasteiger partial charge >= 0.3 is 0 Å². The molecule has 0 radical (unpaired) electrons. The van der Waals surface area contributed by atoms with Crippen LogP contribution in [0, 0.1) is 23.7 Å². The third-order valence-corrected chi connectivity index (χ3v) is 10.8. The van der Waals surface area contributed by atoms with Gasteiger partial charge in [-0.3, -0.25) is 4.79 Å². The van der Waals surface area contributed by atoms with Crippen molar-refractivity contribution in [2.75, 3.05) is 5.75 Å². The van der Waals surface area contributed by atoms with Gasteiger partial charge in [0.1, 0.15) is 0 Å². The summed E-state index contributed by atoms with van der Waals surface area (Å²) in [4.78, 5) is 17.5. The molecular weight excluding hydrogens is 408 g/mol. The summed E-state index contributed by atoms with van der Waals surface area (Å²) < 4.78 is 28.2. The van der Waals surface area contributed by atoms with Gasteiger partial charge in [-0.05, 0) is 55.2 Å². The Bertz CT molecular complexity index is 1120. The summed E-state index contributed by atoms with van der Waals surface area (Å²) in [6, 6.07) is 5.21. The van der Waals surface area contributed by atoms with E-state index in [4.69, 9.17) is 0 Å². The Labute approximate surface area is 175 Å². The summed E-state index contributed by atoms with van der Waals surface area (Å²) in [5.41, 5.74) is 0.967. The van der Waals surface area contributed by atoms with Crippen LogP contribution in [0.25, 0.3) is 10.2 Å². The van der Waals surface area contributed by atoms with E-state index in [0.29, 0.717) is 11.5 Å². The van der Waals surface area contributed by atoms with Crippen molar-refractivity contribution in [3.8, 4) is 0 Å². The van der Waals surface area contributed by atoms with Crippen molar-refractivity contribution in [2.24, 2.45) is 16.7 Å². The fourth-order valence-corrected chi connectivity index (χ4v) is 9.62. The van der Waals surface area contributed by atoms with Gasteiger partial charge in [0, 0.05) is 5.41 Å². The first-order valence-corrected chi connectivity index (χ1v) is 12.6. The summed E-state index contributed by atoms with van der Waals surface area (Å²) in [7, 11) is -3.66. The summed E-state index contributed by atoms with van der Waals surface area (Å²) in [5, 5.41) is 11.6. The molecule has 1 aliphatic heterocycles. The predicted octanol–water partition coefficient (Wildman–Crippen LogP) is 3.40. The molecule has 29 heavy (non-hydrogen) atoms. The molecule has 3 aliphatic rings. The first kappa shape index (κ1) is 19.5. The Balaban J connectivity index is 1.41. The van der Waals surface area contributed by atoms with Crippen LogP contribution in [0.15, 0.2) is 18.2 Å².